The largest absolute Gasteiger partial charge is 0.497 e. The summed E-state index contributed by atoms with van der Waals surface area (Å²) in [5.74, 6) is 1.23. The van der Waals surface area contributed by atoms with Crippen LogP contribution in [0.3, 0.4) is 0 Å². The van der Waals surface area contributed by atoms with Crippen LogP contribution in [0.4, 0.5) is 0 Å². The number of rotatable bonds is 5. The number of aliphatic hydroxyl groups is 1. The van der Waals surface area contributed by atoms with Crippen LogP contribution in [0.2, 0.25) is 10.0 Å². The summed E-state index contributed by atoms with van der Waals surface area (Å²) < 4.78 is 11.0. The Morgan fingerprint density at radius 3 is 2.52 bits per heavy atom. The molecule has 1 unspecified atom stereocenters. The fourth-order valence-electron chi connectivity index (χ4n) is 1.91. The number of aliphatic hydroxyl groups excluding tert-OH is 1. The first-order chi connectivity index (χ1) is 10.0. The zero-order valence-electron chi connectivity index (χ0n) is 11.8. The Kier molecular flexibility index (Phi) is 5.34. The molecule has 3 nitrogen and oxygen atoms in total. The summed E-state index contributed by atoms with van der Waals surface area (Å²) in [4.78, 5) is 0. The van der Waals surface area contributed by atoms with Gasteiger partial charge in [0.1, 0.15) is 18.1 Å². The lowest BCUT2D eigenvalue weighted by molar-refractivity contribution is 0.190. The molecule has 5 heteroatoms. The van der Waals surface area contributed by atoms with Crippen molar-refractivity contribution in [2.45, 2.75) is 19.6 Å². The van der Waals surface area contributed by atoms with Gasteiger partial charge < -0.3 is 14.6 Å². The maximum atomic E-state index is 9.79. The van der Waals surface area contributed by atoms with Crippen molar-refractivity contribution in [1.29, 1.82) is 0 Å². The van der Waals surface area contributed by atoms with E-state index in [9.17, 15) is 5.11 Å². The topological polar surface area (TPSA) is 38.7 Å². The highest BCUT2D eigenvalue weighted by atomic mass is 35.5. The van der Waals surface area contributed by atoms with Gasteiger partial charge >= 0.3 is 0 Å². The van der Waals surface area contributed by atoms with Crippen LogP contribution in [0.5, 0.6) is 11.5 Å². The van der Waals surface area contributed by atoms with Gasteiger partial charge in [-0.05, 0) is 31.2 Å². The smallest absolute Gasteiger partial charge is 0.129 e. The predicted molar refractivity (Wildman–Crippen MR) is 84.4 cm³/mol. The zero-order chi connectivity index (χ0) is 15.4. The normalized spacial score (nSPS) is 12.0. The van der Waals surface area contributed by atoms with Crippen molar-refractivity contribution in [2.75, 3.05) is 7.11 Å². The van der Waals surface area contributed by atoms with Crippen LogP contribution in [0.1, 0.15) is 24.2 Å². The molecule has 0 bridgehead atoms. The number of methoxy groups -OCH3 is 1. The minimum atomic E-state index is -0.633. The van der Waals surface area contributed by atoms with Crippen LogP contribution >= 0.6 is 23.2 Å². The molecule has 112 valence electrons. The predicted octanol–water partition coefficient (Wildman–Crippen LogP) is 4.63. The van der Waals surface area contributed by atoms with E-state index in [-0.39, 0.29) is 6.61 Å². The van der Waals surface area contributed by atoms with Gasteiger partial charge in [0.25, 0.3) is 0 Å². The van der Waals surface area contributed by atoms with Crippen LogP contribution in [0.25, 0.3) is 0 Å². The first-order valence-electron chi connectivity index (χ1n) is 6.44. The van der Waals surface area contributed by atoms with Gasteiger partial charge in [-0.3, -0.25) is 0 Å². The maximum Gasteiger partial charge on any atom is 0.129 e. The fourth-order valence-corrected chi connectivity index (χ4v) is 2.37. The number of ether oxygens (including phenoxy) is 2. The van der Waals surface area contributed by atoms with Crippen molar-refractivity contribution in [3.05, 3.63) is 57.6 Å². The molecule has 0 spiro atoms. The van der Waals surface area contributed by atoms with Crippen LogP contribution in [-0.4, -0.2) is 12.2 Å². The monoisotopic (exact) mass is 326 g/mol. The van der Waals surface area contributed by atoms with Gasteiger partial charge in [0, 0.05) is 27.2 Å². The molecule has 0 radical (unpaired) electrons. The third-order valence-electron chi connectivity index (χ3n) is 3.07. The quantitative estimate of drug-likeness (QED) is 0.870. The third kappa shape index (κ3) is 4.03. The standard InChI is InChI=1S/C16H16Cl2O3/c1-10(19)14-6-5-13(20-2)8-16(14)21-9-11-3-4-12(17)7-15(11)18/h3-8,10,19H,9H2,1-2H3. The Hall–Kier alpha value is -1.42. The highest BCUT2D eigenvalue weighted by Gasteiger charge is 2.11. The Balaban J connectivity index is 2.22. The van der Waals surface area contributed by atoms with Crippen LogP contribution < -0.4 is 9.47 Å². The van der Waals surface area contributed by atoms with E-state index in [1.165, 1.54) is 0 Å². The van der Waals surface area contributed by atoms with E-state index >= 15 is 0 Å². The molecule has 0 aliphatic carbocycles. The summed E-state index contributed by atoms with van der Waals surface area (Å²) >= 11 is 12.0. The van der Waals surface area contributed by atoms with Crippen molar-refractivity contribution in [2.24, 2.45) is 0 Å². The van der Waals surface area contributed by atoms with E-state index < -0.39 is 6.10 Å². The Bertz CT molecular complexity index is 627. The lowest BCUT2D eigenvalue weighted by Crippen LogP contribution is -2.02. The molecule has 0 saturated heterocycles. The fraction of sp³-hybridized carbons (Fsp3) is 0.250. The van der Waals surface area contributed by atoms with Gasteiger partial charge in [0.2, 0.25) is 0 Å². The molecule has 0 aliphatic heterocycles. The number of hydrogen-bond acceptors (Lipinski definition) is 3. The Labute approximate surface area is 134 Å². The van der Waals surface area contributed by atoms with Crippen molar-refractivity contribution >= 4 is 23.2 Å². The molecule has 2 rings (SSSR count). The molecule has 1 N–H and O–H groups in total. The van der Waals surface area contributed by atoms with Gasteiger partial charge in [-0.1, -0.05) is 29.3 Å². The highest BCUT2D eigenvalue weighted by molar-refractivity contribution is 6.35. The van der Waals surface area contributed by atoms with E-state index in [2.05, 4.69) is 0 Å². The first kappa shape index (κ1) is 16.0. The average molecular weight is 327 g/mol. The van der Waals surface area contributed by atoms with Gasteiger partial charge in [0.05, 0.1) is 13.2 Å². The van der Waals surface area contributed by atoms with Crippen molar-refractivity contribution in [3.63, 3.8) is 0 Å². The second-order valence-corrected chi connectivity index (χ2v) is 5.45. The van der Waals surface area contributed by atoms with E-state index in [1.807, 2.05) is 6.07 Å². The number of halogens is 2. The molecule has 2 aromatic carbocycles. The van der Waals surface area contributed by atoms with Crippen LogP contribution in [0, 0.1) is 0 Å². The molecule has 0 aliphatic rings. The van der Waals surface area contributed by atoms with E-state index in [4.69, 9.17) is 32.7 Å². The maximum absolute atomic E-state index is 9.79. The second-order valence-electron chi connectivity index (χ2n) is 4.60. The molecule has 21 heavy (non-hydrogen) atoms. The van der Waals surface area contributed by atoms with Gasteiger partial charge in [0.15, 0.2) is 0 Å². The summed E-state index contributed by atoms with van der Waals surface area (Å²) in [5, 5.41) is 10.9. The third-order valence-corrected chi connectivity index (χ3v) is 3.66. The summed E-state index contributed by atoms with van der Waals surface area (Å²) in [5.41, 5.74) is 1.52. The molecular formula is C16H16Cl2O3. The molecular weight excluding hydrogens is 311 g/mol. The Morgan fingerprint density at radius 1 is 1.14 bits per heavy atom. The van der Waals surface area contributed by atoms with E-state index in [0.29, 0.717) is 27.1 Å². The zero-order valence-corrected chi connectivity index (χ0v) is 13.3. The summed E-state index contributed by atoms with van der Waals surface area (Å²) in [6, 6.07) is 10.5. The molecule has 0 saturated carbocycles. The average Bonchev–Trinajstić information content (AvgIpc) is 2.45. The summed E-state index contributed by atoms with van der Waals surface area (Å²) in [6.45, 7) is 1.97. The van der Waals surface area contributed by atoms with Gasteiger partial charge in [-0.2, -0.15) is 0 Å². The lowest BCUT2D eigenvalue weighted by Gasteiger charge is -2.15. The molecule has 0 amide bonds. The Morgan fingerprint density at radius 2 is 1.90 bits per heavy atom. The number of hydrogen-bond donors (Lipinski definition) is 1. The molecule has 0 heterocycles. The lowest BCUT2D eigenvalue weighted by atomic mass is 10.1. The van der Waals surface area contributed by atoms with Crippen molar-refractivity contribution in [1.82, 2.24) is 0 Å². The van der Waals surface area contributed by atoms with Crippen molar-refractivity contribution < 1.29 is 14.6 Å². The first-order valence-corrected chi connectivity index (χ1v) is 7.19. The highest BCUT2D eigenvalue weighted by Crippen LogP contribution is 2.31. The molecule has 0 fully saturated rings. The SMILES string of the molecule is COc1ccc(C(C)O)c(OCc2ccc(Cl)cc2Cl)c1. The van der Waals surface area contributed by atoms with Crippen LogP contribution in [-0.2, 0) is 6.61 Å². The number of benzene rings is 2. The summed E-state index contributed by atoms with van der Waals surface area (Å²) in [6.07, 6.45) is -0.633. The van der Waals surface area contributed by atoms with Crippen LogP contribution in [0.15, 0.2) is 36.4 Å². The minimum absolute atomic E-state index is 0.281. The second kappa shape index (κ2) is 7.03. The molecule has 0 aromatic heterocycles. The molecule has 1 atom stereocenters. The van der Waals surface area contributed by atoms with Gasteiger partial charge in [-0.15, -0.1) is 0 Å². The molecule has 2 aromatic rings. The van der Waals surface area contributed by atoms with Gasteiger partial charge in [-0.25, -0.2) is 0 Å². The van der Waals surface area contributed by atoms with E-state index in [0.717, 1.165) is 5.56 Å². The minimum Gasteiger partial charge on any atom is -0.497 e. The van der Waals surface area contributed by atoms with E-state index in [1.54, 1.807) is 44.4 Å². The summed E-state index contributed by atoms with van der Waals surface area (Å²) in [7, 11) is 1.58. The van der Waals surface area contributed by atoms with Crippen molar-refractivity contribution in [3.8, 4) is 11.5 Å².